The quantitative estimate of drug-likeness (QED) is 0.582. The Labute approximate surface area is 95.8 Å². The van der Waals surface area contributed by atoms with Gasteiger partial charge in [-0.15, -0.1) is 5.10 Å². The molecule has 0 radical (unpaired) electrons. The lowest BCUT2D eigenvalue weighted by molar-refractivity contribution is 0.0603. The zero-order valence-electron chi connectivity index (χ0n) is 8.99. The number of carbonyl (C=O) groups is 1. The minimum Gasteiger partial charge on any atom is -0.465 e. The number of hydrogen-bond acceptors (Lipinski definition) is 5. The van der Waals surface area contributed by atoms with Crippen LogP contribution in [0.1, 0.15) is 10.4 Å². The molecule has 6 nitrogen and oxygen atoms in total. The van der Waals surface area contributed by atoms with Crippen molar-refractivity contribution < 1.29 is 9.53 Å². The highest BCUT2D eigenvalue weighted by Crippen LogP contribution is 2.21. The zero-order chi connectivity index (χ0) is 11.8. The number of ether oxygens (including phenoxy) is 1. The summed E-state index contributed by atoms with van der Waals surface area (Å²) in [5, 5.41) is 8.35. The van der Waals surface area contributed by atoms with Crippen LogP contribution in [0.3, 0.4) is 0 Å². The molecule has 0 spiro atoms. The van der Waals surface area contributed by atoms with Crippen molar-refractivity contribution in [2.24, 2.45) is 0 Å². The standard InChI is InChI=1S/C11H8N4O2/c1-17-11(16)7-3-2-4-8-10(7)9-5-13-14-15(9)6-12-8/h2-6H,1H3. The Morgan fingerprint density at radius 1 is 1.41 bits per heavy atom. The Balaban J connectivity index is 2.49. The van der Waals surface area contributed by atoms with E-state index in [1.165, 1.54) is 11.6 Å². The largest absolute Gasteiger partial charge is 0.465 e. The zero-order valence-corrected chi connectivity index (χ0v) is 8.99. The van der Waals surface area contributed by atoms with Gasteiger partial charge in [0.1, 0.15) is 6.33 Å². The Hall–Kier alpha value is -2.50. The first-order chi connectivity index (χ1) is 8.31. The van der Waals surface area contributed by atoms with Gasteiger partial charge in [-0.3, -0.25) is 0 Å². The van der Waals surface area contributed by atoms with Crippen molar-refractivity contribution in [2.45, 2.75) is 0 Å². The van der Waals surface area contributed by atoms with Crippen molar-refractivity contribution in [3.8, 4) is 0 Å². The maximum Gasteiger partial charge on any atom is 0.338 e. The SMILES string of the molecule is COC(=O)c1cccc2ncn3nncc3c12. The van der Waals surface area contributed by atoms with Gasteiger partial charge in [-0.1, -0.05) is 11.3 Å². The minimum absolute atomic E-state index is 0.397. The molecule has 2 heterocycles. The number of hydrogen-bond donors (Lipinski definition) is 0. The molecule has 6 heteroatoms. The molecule has 3 aromatic rings. The Morgan fingerprint density at radius 3 is 3.12 bits per heavy atom. The van der Waals surface area contributed by atoms with Crippen LogP contribution in [0.25, 0.3) is 16.4 Å². The van der Waals surface area contributed by atoms with Crippen molar-refractivity contribution >= 4 is 22.4 Å². The number of rotatable bonds is 1. The fourth-order valence-electron chi connectivity index (χ4n) is 1.82. The van der Waals surface area contributed by atoms with E-state index in [0.29, 0.717) is 16.5 Å². The average molecular weight is 228 g/mol. The molecular formula is C11H8N4O2. The number of nitrogens with zero attached hydrogens (tertiary/aromatic N) is 4. The van der Waals surface area contributed by atoms with Crippen molar-refractivity contribution in [3.63, 3.8) is 0 Å². The van der Waals surface area contributed by atoms with E-state index >= 15 is 0 Å². The van der Waals surface area contributed by atoms with Gasteiger partial charge in [0.2, 0.25) is 0 Å². The van der Waals surface area contributed by atoms with E-state index in [-0.39, 0.29) is 0 Å². The first-order valence-corrected chi connectivity index (χ1v) is 4.97. The van der Waals surface area contributed by atoms with E-state index in [4.69, 9.17) is 4.74 Å². The van der Waals surface area contributed by atoms with Crippen LogP contribution in [0.5, 0.6) is 0 Å². The number of fused-ring (bicyclic) bond motifs is 3. The molecule has 0 atom stereocenters. The lowest BCUT2D eigenvalue weighted by Gasteiger charge is -2.04. The van der Waals surface area contributed by atoms with E-state index in [2.05, 4.69) is 15.3 Å². The number of esters is 1. The summed E-state index contributed by atoms with van der Waals surface area (Å²) in [6.07, 6.45) is 3.15. The van der Waals surface area contributed by atoms with Crippen LogP contribution in [0, 0.1) is 0 Å². The molecule has 0 bridgehead atoms. The van der Waals surface area contributed by atoms with Crippen LogP contribution in [0.2, 0.25) is 0 Å². The highest BCUT2D eigenvalue weighted by molar-refractivity contribution is 6.09. The smallest absolute Gasteiger partial charge is 0.338 e. The Bertz CT molecular complexity index is 720. The van der Waals surface area contributed by atoms with Gasteiger partial charge in [-0.05, 0) is 12.1 Å². The molecule has 3 rings (SSSR count). The normalized spacial score (nSPS) is 10.9. The molecule has 0 saturated heterocycles. The second kappa shape index (κ2) is 3.51. The van der Waals surface area contributed by atoms with Crippen LogP contribution in [-0.2, 0) is 4.74 Å². The molecule has 0 N–H and O–H groups in total. The summed E-state index contributed by atoms with van der Waals surface area (Å²) in [6, 6.07) is 5.29. The van der Waals surface area contributed by atoms with E-state index in [1.807, 2.05) is 6.07 Å². The third-order valence-corrected chi connectivity index (χ3v) is 2.58. The molecular weight excluding hydrogens is 220 g/mol. The van der Waals surface area contributed by atoms with Gasteiger partial charge in [0.05, 0.1) is 29.9 Å². The van der Waals surface area contributed by atoms with Crippen LogP contribution in [0.15, 0.2) is 30.7 Å². The molecule has 0 aliphatic heterocycles. The molecule has 1 aromatic carbocycles. The lowest BCUT2D eigenvalue weighted by atomic mass is 10.1. The van der Waals surface area contributed by atoms with Gasteiger partial charge < -0.3 is 4.74 Å². The summed E-state index contributed by atoms with van der Waals surface area (Å²) in [5.74, 6) is -0.397. The summed E-state index contributed by atoms with van der Waals surface area (Å²) in [6.45, 7) is 0. The van der Waals surface area contributed by atoms with Crippen molar-refractivity contribution in [1.82, 2.24) is 19.8 Å². The van der Waals surface area contributed by atoms with Crippen molar-refractivity contribution in [3.05, 3.63) is 36.3 Å². The minimum atomic E-state index is -0.397. The van der Waals surface area contributed by atoms with Crippen LogP contribution in [0.4, 0.5) is 0 Å². The van der Waals surface area contributed by atoms with Gasteiger partial charge in [0.25, 0.3) is 0 Å². The highest BCUT2D eigenvalue weighted by Gasteiger charge is 2.14. The number of carbonyl (C=O) groups excluding carboxylic acids is 1. The Morgan fingerprint density at radius 2 is 2.29 bits per heavy atom. The molecule has 2 aromatic heterocycles. The lowest BCUT2D eigenvalue weighted by Crippen LogP contribution is -2.03. The van der Waals surface area contributed by atoms with Crippen LogP contribution in [-0.4, -0.2) is 32.9 Å². The molecule has 0 saturated carbocycles. The molecule has 0 amide bonds. The summed E-state index contributed by atoms with van der Waals surface area (Å²) < 4.78 is 6.28. The molecule has 0 unspecified atom stereocenters. The van der Waals surface area contributed by atoms with Crippen molar-refractivity contribution in [1.29, 1.82) is 0 Å². The summed E-state index contributed by atoms with van der Waals surface area (Å²) in [4.78, 5) is 15.9. The maximum absolute atomic E-state index is 11.7. The summed E-state index contributed by atoms with van der Waals surface area (Å²) >= 11 is 0. The third-order valence-electron chi connectivity index (χ3n) is 2.58. The topological polar surface area (TPSA) is 69.4 Å². The van der Waals surface area contributed by atoms with Gasteiger partial charge in [0, 0.05) is 5.39 Å². The van der Waals surface area contributed by atoms with E-state index < -0.39 is 5.97 Å². The van der Waals surface area contributed by atoms with Gasteiger partial charge in [0.15, 0.2) is 0 Å². The number of methoxy groups -OCH3 is 1. The van der Waals surface area contributed by atoms with Crippen LogP contribution < -0.4 is 0 Å². The third kappa shape index (κ3) is 1.34. The Kier molecular flexibility index (Phi) is 2.01. The number of benzene rings is 1. The summed E-state index contributed by atoms with van der Waals surface area (Å²) in [7, 11) is 1.35. The van der Waals surface area contributed by atoms with Gasteiger partial charge in [-0.25, -0.2) is 14.3 Å². The number of aromatic nitrogens is 4. The van der Waals surface area contributed by atoms with E-state index in [9.17, 15) is 4.79 Å². The van der Waals surface area contributed by atoms with Gasteiger partial charge >= 0.3 is 5.97 Å². The van der Waals surface area contributed by atoms with Crippen LogP contribution >= 0.6 is 0 Å². The molecule has 0 aliphatic rings. The van der Waals surface area contributed by atoms with Crippen molar-refractivity contribution in [2.75, 3.05) is 7.11 Å². The fourth-order valence-corrected chi connectivity index (χ4v) is 1.82. The average Bonchev–Trinajstić information content (AvgIpc) is 2.85. The summed E-state index contributed by atoms with van der Waals surface area (Å²) in [5.41, 5.74) is 1.91. The maximum atomic E-state index is 11.7. The molecule has 84 valence electrons. The van der Waals surface area contributed by atoms with Gasteiger partial charge in [-0.2, -0.15) is 0 Å². The first kappa shape index (κ1) is 9.71. The second-order valence-electron chi connectivity index (χ2n) is 3.50. The monoisotopic (exact) mass is 228 g/mol. The molecule has 17 heavy (non-hydrogen) atoms. The predicted molar refractivity (Wildman–Crippen MR) is 59.6 cm³/mol. The second-order valence-corrected chi connectivity index (χ2v) is 3.50. The highest BCUT2D eigenvalue weighted by atomic mass is 16.5. The van der Waals surface area contributed by atoms with E-state index in [1.54, 1.807) is 24.7 Å². The molecule has 0 fully saturated rings. The molecule has 0 aliphatic carbocycles. The fraction of sp³-hybridized carbons (Fsp3) is 0.0909. The van der Waals surface area contributed by atoms with E-state index in [0.717, 1.165) is 5.52 Å². The first-order valence-electron chi connectivity index (χ1n) is 4.97. The predicted octanol–water partition coefficient (Wildman–Crippen LogP) is 1.06.